The Kier molecular flexibility index (Phi) is 3.88. The van der Waals surface area contributed by atoms with Crippen molar-refractivity contribution in [2.24, 2.45) is 0 Å². The van der Waals surface area contributed by atoms with Crippen molar-refractivity contribution in [2.75, 3.05) is 5.32 Å². The van der Waals surface area contributed by atoms with Gasteiger partial charge in [0.25, 0.3) is 11.2 Å². The fraction of sp³-hybridized carbons (Fsp3) is 0.105. The maximum Gasteiger partial charge on any atom is 0.288 e. The van der Waals surface area contributed by atoms with Gasteiger partial charge in [0, 0.05) is 23.3 Å². The molecule has 1 atom stereocenters. The molecule has 0 fully saturated rings. The molecule has 0 bridgehead atoms. The third-order valence-corrected chi connectivity index (χ3v) is 4.99. The number of benzene rings is 2. The largest absolute Gasteiger partial charge is 0.318 e. The minimum absolute atomic E-state index is 0.0723. The van der Waals surface area contributed by atoms with Crippen molar-refractivity contribution in [1.82, 2.24) is 30.4 Å². The normalized spacial score (nSPS) is 14.5. The highest BCUT2D eigenvalue weighted by atomic mass is 16.6. The van der Waals surface area contributed by atoms with Gasteiger partial charge >= 0.3 is 0 Å². The Morgan fingerprint density at radius 3 is 2.73 bits per heavy atom. The highest BCUT2D eigenvalue weighted by Crippen LogP contribution is 2.41. The molecule has 1 aliphatic rings. The minimum atomic E-state index is -0.683. The summed E-state index contributed by atoms with van der Waals surface area (Å²) in [6, 6.07) is 13.2. The lowest BCUT2D eigenvalue weighted by molar-refractivity contribution is -0.384. The van der Waals surface area contributed by atoms with Crippen molar-refractivity contribution in [3.05, 3.63) is 85.7 Å². The van der Waals surface area contributed by atoms with E-state index in [-0.39, 0.29) is 17.3 Å². The predicted molar refractivity (Wildman–Crippen MR) is 106 cm³/mol. The van der Waals surface area contributed by atoms with E-state index in [0.29, 0.717) is 16.8 Å². The van der Waals surface area contributed by atoms with Gasteiger partial charge in [0.05, 0.1) is 10.6 Å². The number of rotatable bonds is 3. The highest BCUT2D eigenvalue weighted by Gasteiger charge is 2.34. The third kappa shape index (κ3) is 2.71. The van der Waals surface area contributed by atoms with E-state index >= 15 is 0 Å². The van der Waals surface area contributed by atoms with Crippen molar-refractivity contribution in [3.63, 3.8) is 0 Å². The highest BCUT2D eigenvalue weighted by molar-refractivity contribution is 5.75. The average Bonchev–Trinajstić information content (AvgIpc) is 3.22. The van der Waals surface area contributed by atoms with Gasteiger partial charge < -0.3 is 5.32 Å². The maximum atomic E-state index is 12.6. The van der Waals surface area contributed by atoms with Gasteiger partial charge in [-0.05, 0) is 22.9 Å². The number of nitrogens with zero attached hydrogens (tertiary/aromatic N) is 6. The number of nitro benzene ring substituents is 1. The Morgan fingerprint density at radius 1 is 1.17 bits per heavy atom. The van der Waals surface area contributed by atoms with Crippen molar-refractivity contribution in [2.45, 2.75) is 13.0 Å². The van der Waals surface area contributed by atoms with Crippen LogP contribution in [0, 0.1) is 17.0 Å². The quantitative estimate of drug-likeness (QED) is 0.345. The molecule has 4 aromatic rings. The Bertz CT molecular complexity index is 1340. The van der Waals surface area contributed by atoms with E-state index < -0.39 is 16.5 Å². The first-order valence-electron chi connectivity index (χ1n) is 9.02. The number of non-ortho nitro benzene ring substituents is 1. The lowest BCUT2D eigenvalue weighted by Gasteiger charge is -2.27. The summed E-state index contributed by atoms with van der Waals surface area (Å²) in [5, 5.41) is 32.8. The van der Waals surface area contributed by atoms with Gasteiger partial charge in [0.1, 0.15) is 11.7 Å². The molecule has 5 rings (SSSR count). The smallest absolute Gasteiger partial charge is 0.288 e. The number of fused-ring (bicyclic) bond motifs is 2. The number of anilines is 2. The van der Waals surface area contributed by atoms with Crippen LogP contribution in [0.1, 0.15) is 22.7 Å². The molecular formula is C19H14N8O3. The minimum Gasteiger partial charge on any atom is -0.318 e. The summed E-state index contributed by atoms with van der Waals surface area (Å²) in [6.45, 7) is 1.97. The molecular weight excluding hydrogens is 388 g/mol. The van der Waals surface area contributed by atoms with Crippen LogP contribution in [0.3, 0.4) is 0 Å². The first-order valence-corrected chi connectivity index (χ1v) is 9.02. The second-order valence-corrected chi connectivity index (χ2v) is 6.88. The van der Waals surface area contributed by atoms with E-state index in [2.05, 4.69) is 31.0 Å². The number of aromatic nitrogens is 6. The van der Waals surface area contributed by atoms with Crippen LogP contribution in [0.5, 0.6) is 0 Å². The lowest BCUT2D eigenvalue weighted by atomic mass is 9.92. The molecule has 0 aliphatic carbocycles. The van der Waals surface area contributed by atoms with Crippen LogP contribution < -0.4 is 10.9 Å². The molecule has 30 heavy (non-hydrogen) atoms. The van der Waals surface area contributed by atoms with Gasteiger partial charge in [0.15, 0.2) is 0 Å². The number of H-pyrrole nitrogens is 1. The molecule has 2 N–H and O–H groups in total. The number of aromatic amines is 1. The Hall–Kier alpha value is -4.41. The van der Waals surface area contributed by atoms with Crippen LogP contribution in [0.4, 0.5) is 17.3 Å². The monoisotopic (exact) mass is 402 g/mol. The van der Waals surface area contributed by atoms with Crippen LogP contribution in [0.15, 0.2) is 53.3 Å². The standard InChI is InChI=1S/C19H14N8O3/c1-10-5-7-11(8-6-10)15-14-16(18(28)22-21-15)20-19-23-24-25-26(19)17(14)12-3-2-4-13(9-12)27(29)30/h2-9,17H,1H3,(H,22,28)(H,20,23,25)/t17-/m1/s1. The maximum absolute atomic E-state index is 12.6. The van der Waals surface area contributed by atoms with E-state index in [1.807, 2.05) is 31.2 Å². The summed E-state index contributed by atoms with van der Waals surface area (Å²) in [7, 11) is 0. The zero-order valence-corrected chi connectivity index (χ0v) is 15.6. The number of nitrogens with one attached hydrogen (secondary N) is 2. The molecule has 0 saturated carbocycles. The second kappa shape index (κ2) is 6.58. The topological polar surface area (TPSA) is 145 Å². The first-order chi connectivity index (χ1) is 14.5. The van der Waals surface area contributed by atoms with Crippen molar-refractivity contribution >= 4 is 17.3 Å². The van der Waals surface area contributed by atoms with E-state index in [4.69, 9.17) is 0 Å². The molecule has 0 unspecified atom stereocenters. The van der Waals surface area contributed by atoms with Crippen molar-refractivity contribution in [3.8, 4) is 11.3 Å². The predicted octanol–water partition coefficient (Wildman–Crippen LogP) is 2.33. The molecule has 2 aromatic carbocycles. The number of hydrogen-bond donors (Lipinski definition) is 2. The Morgan fingerprint density at radius 2 is 1.97 bits per heavy atom. The van der Waals surface area contributed by atoms with Gasteiger partial charge in [-0.2, -0.15) is 9.78 Å². The fourth-order valence-electron chi connectivity index (χ4n) is 3.59. The zero-order valence-electron chi connectivity index (χ0n) is 15.6. The molecule has 0 radical (unpaired) electrons. The summed E-state index contributed by atoms with van der Waals surface area (Å²) in [6.07, 6.45) is 0. The average molecular weight is 402 g/mol. The number of tetrazole rings is 1. The second-order valence-electron chi connectivity index (χ2n) is 6.88. The van der Waals surface area contributed by atoms with Gasteiger partial charge in [-0.25, -0.2) is 5.10 Å². The van der Waals surface area contributed by atoms with E-state index in [0.717, 1.165) is 11.1 Å². The molecule has 2 aromatic heterocycles. The first kappa shape index (κ1) is 17.7. The Labute approximate surface area is 168 Å². The zero-order chi connectivity index (χ0) is 20.8. The third-order valence-electron chi connectivity index (χ3n) is 4.99. The van der Waals surface area contributed by atoms with Crippen LogP contribution in [0.2, 0.25) is 0 Å². The lowest BCUT2D eigenvalue weighted by Crippen LogP contribution is -2.29. The van der Waals surface area contributed by atoms with Crippen molar-refractivity contribution < 1.29 is 4.92 Å². The molecule has 11 heteroatoms. The van der Waals surface area contributed by atoms with Gasteiger partial charge in [0.2, 0.25) is 5.95 Å². The molecule has 0 saturated heterocycles. The van der Waals surface area contributed by atoms with Crippen LogP contribution in [-0.2, 0) is 0 Å². The number of nitro groups is 1. The summed E-state index contributed by atoms with van der Waals surface area (Å²) in [5.41, 5.74) is 3.20. The summed E-state index contributed by atoms with van der Waals surface area (Å²) >= 11 is 0. The van der Waals surface area contributed by atoms with Gasteiger partial charge in [-0.3, -0.25) is 14.9 Å². The summed E-state index contributed by atoms with van der Waals surface area (Å²) < 4.78 is 1.49. The molecule has 11 nitrogen and oxygen atoms in total. The van der Waals surface area contributed by atoms with E-state index in [1.165, 1.54) is 16.8 Å². The van der Waals surface area contributed by atoms with Crippen molar-refractivity contribution in [1.29, 1.82) is 0 Å². The van der Waals surface area contributed by atoms with Crippen LogP contribution >= 0.6 is 0 Å². The Balaban J connectivity index is 1.81. The van der Waals surface area contributed by atoms with E-state index in [1.54, 1.807) is 12.1 Å². The van der Waals surface area contributed by atoms with E-state index in [9.17, 15) is 14.9 Å². The molecule has 0 amide bonds. The van der Waals surface area contributed by atoms with Crippen LogP contribution in [-0.4, -0.2) is 35.3 Å². The van der Waals surface area contributed by atoms with Crippen LogP contribution in [0.25, 0.3) is 11.3 Å². The molecule has 148 valence electrons. The van der Waals surface area contributed by atoms with Gasteiger partial charge in [-0.1, -0.05) is 47.1 Å². The van der Waals surface area contributed by atoms with Gasteiger partial charge in [-0.15, -0.1) is 0 Å². The molecule has 0 spiro atoms. The SMILES string of the molecule is Cc1ccc(-c2n[nH]c(=O)c3c2[C@@H](c2cccc([N+](=O)[O-])c2)n2nnnc2N3)cc1. The molecule has 3 heterocycles. The number of hydrogen-bond acceptors (Lipinski definition) is 8. The molecule has 1 aliphatic heterocycles. The fourth-order valence-corrected chi connectivity index (χ4v) is 3.59. The number of aryl methyl sites for hydroxylation is 1. The summed E-state index contributed by atoms with van der Waals surface area (Å²) in [5.74, 6) is 0.255. The summed E-state index contributed by atoms with van der Waals surface area (Å²) in [4.78, 5) is 23.5.